The minimum absolute atomic E-state index is 0.303. The Balaban J connectivity index is 2.01. The highest BCUT2D eigenvalue weighted by Gasteiger charge is 2.34. The molecule has 1 fully saturated rings. The zero-order valence-corrected chi connectivity index (χ0v) is 14.7. The van der Waals surface area contributed by atoms with Crippen LogP contribution in [0.2, 0.25) is 0 Å². The molecule has 0 amide bonds. The van der Waals surface area contributed by atoms with Gasteiger partial charge in [0.25, 0.3) is 0 Å². The largest absolute Gasteiger partial charge is 0.314 e. The summed E-state index contributed by atoms with van der Waals surface area (Å²) in [6, 6.07) is 18.4. The van der Waals surface area contributed by atoms with Gasteiger partial charge in [-0.1, -0.05) is 79.9 Å². The van der Waals surface area contributed by atoms with Gasteiger partial charge in [0.2, 0.25) is 0 Å². The van der Waals surface area contributed by atoms with Crippen molar-refractivity contribution in [3.63, 3.8) is 0 Å². The second-order valence-corrected chi connectivity index (χ2v) is 9.44. The average Bonchev–Trinajstić information content (AvgIpc) is 2.62. The fourth-order valence-corrected chi connectivity index (χ4v) is 6.85. The van der Waals surface area contributed by atoms with Gasteiger partial charge >= 0.3 is 0 Å². The molecule has 0 unspecified atom stereocenters. The Morgan fingerprint density at radius 2 is 1.57 bits per heavy atom. The predicted octanol–water partition coefficient (Wildman–Crippen LogP) is 5.99. The molecule has 2 heteroatoms. The molecule has 0 heterocycles. The molecular formula is C21H25OP. The minimum atomic E-state index is -2.53. The van der Waals surface area contributed by atoms with Crippen molar-refractivity contribution in [2.45, 2.75) is 44.7 Å². The van der Waals surface area contributed by atoms with Crippen LogP contribution in [0.4, 0.5) is 0 Å². The summed E-state index contributed by atoms with van der Waals surface area (Å²) in [4.78, 5) is 0. The SMILES string of the molecule is Cc1ccccc1[P@@](=O)(/C=C/c1ccccc1)C1CCCCC1. The first-order chi connectivity index (χ1) is 11.2. The van der Waals surface area contributed by atoms with Crippen LogP contribution in [0.3, 0.4) is 0 Å². The monoisotopic (exact) mass is 324 g/mol. The number of hydrogen-bond donors (Lipinski definition) is 0. The van der Waals surface area contributed by atoms with Gasteiger partial charge in [0.1, 0.15) is 7.14 Å². The van der Waals surface area contributed by atoms with Gasteiger partial charge in [-0.05, 0) is 36.7 Å². The van der Waals surface area contributed by atoms with Crippen LogP contribution in [0.1, 0.15) is 43.2 Å². The topological polar surface area (TPSA) is 17.1 Å². The molecule has 3 rings (SSSR count). The van der Waals surface area contributed by atoms with Crippen molar-refractivity contribution in [1.82, 2.24) is 0 Å². The first-order valence-electron chi connectivity index (χ1n) is 8.60. The lowest BCUT2D eigenvalue weighted by atomic mass is 10.0. The van der Waals surface area contributed by atoms with E-state index in [1.807, 2.05) is 36.1 Å². The van der Waals surface area contributed by atoms with Crippen molar-refractivity contribution >= 4 is 18.5 Å². The van der Waals surface area contributed by atoms with E-state index >= 15 is 0 Å². The van der Waals surface area contributed by atoms with Crippen LogP contribution in [0.15, 0.2) is 60.4 Å². The van der Waals surface area contributed by atoms with Crippen molar-refractivity contribution in [2.75, 3.05) is 0 Å². The molecule has 1 aliphatic carbocycles. The molecule has 0 aliphatic heterocycles. The lowest BCUT2D eigenvalue weighted by molar-refractivity contribution is 0.490. The third kappa shape index (κ3) is 3.67. The van der Waals surface area contributed by atoms with E-state index in [0.29, 0.717) is 5.66 Å². The molecule has 0 bridgehead atoms. The summed E-state index contributed by atoms with van der Waals surface area (Å²) in [5.74, 6) is 2.03. The summed E-state index contributed by atoms with van der Waals surface area (Å²) in [7, 11) is -2.53. The fraction of sp³-hybridized carbons (Fsp3) is 0.333. The lowest BCUT2D eigenvalue weighted by Crippen LogP contribution is -2.20. The van der Waals surface area contributed by atoms with Gasteiger partial charge in [-0.2, -0.15) is 0 Å². The summed E-state index contributed by atoms with van der Waals surface area (Å²) >= 11 is 0. The molecule has 2 aromatic rings. The van der Waals surface area contributed by atoms with Gasteiger partial charge in [-0.25, -0.2) is 0 Å². The van der Waals surface area contributed by atoms with Crippen LogP contribution < -0.4 is 5.30 Å². The van der Waals surface area contributed by atoms with E-state index in [0.717, 1.165) is 29.3 Å². The molecule has 1 atom stereocenters. The lowest BCUT2D eigenvalue weighted by Gasteiger charge is -2.30. The highest BCUT2D eigenvalue weighted by atomic mass is 31.2. The summed E-state index contributed by atoms with van der Waals surface area (Å²) in [5, 5.41) is 1.05. The molecule has 120 valence electrons. The molecule has 23 heavy (non-hydrogen) atoms. The average molecular weight is 324 g/mol. The third-order valence-electron chi connectivity index (χ3n) is 4.90. The first-order valence-corrected chi connectivity index (χ1v) is 10.4. The van der Waals surface area contributed by atoms with Crippen molar-refractivity contribution in [3.05, 3.63) is 71.5 Å². The molecular weight excluding hydrogens is 299 g/mol. The van der Waals surface area contributed by atoms with Gasteiger partial charge in [-0.3, -0.25) is 0 Å². The van der Waals surface area contributed by atoms with Crippen LogP contribution in [0, 0.1) is 6.92 Å². The van der Waals surface area contributed by atoms with Gasteiger partial charge in [-0.15, -0.1) is 0 Å². The van der Waals surface area contributed by atoms with Gasteiger partial charge in [0, 0.05) is 11.0 Å². The number of rotatable bonds is 4. The smallest absolute Gasteiger partial charge is 0.139 e. The summed E-state index contributed by atoms with van der Waals surface area (Å²) in [6.07, 6.45) is 7.93. The van der Waals surface area contributed by atoms with Crippen LogP contribution in [0.5, 0.6) is 0 Å². The predicted molar refractivity (Wildman–Crippen MR) is 101 cm³/mol. The normalized spacial score (nSPS) is 18.8. The maximum absolute atomic E-state index is 14.1. The Morgan fingerprint density at radius 1 is 0.913 bits per heavy atom. The number of benzene rings is 2. The highest BCUT2D eigenvalue weighted by molar-refractivity contribution is 7.75. The highest BCUT2D eigenvalue weighted by Crippen LogP contribution is 2.56. The standard InChI is InChI=1S/C21H25OP/c1-18-10-8-9-15-21(18)23(22,20-13-6-3-7-14-20)17-16-19-11-4-2-5-12-19/h2,4-5,8-12,15-17,20H,3,6-7,13-14H2,1H3/b17-16+/t23-/m1/s1. The molecule has 0 N–H and O–H groups in total. The Morgan fingerprint density at radius 3 is 2.26 bits per heavy atom. The van der Waals surface area contributed by atoms with E-state index < -0.39 is 7.14 Å². The van der Waals surface area contributed by atoms with Crippen LogP contribution in [-0.4, -0.2) is 5.66 Å². The van der Waals surface area contributed by atoms with Crippen molar-refractivity contribution < 1.29 is 4.57 Å². The maximum atomic E-state index is 14.1. The van der Waals surface area contributed by atoms with Gasteiger partial charge < -0.3 is 4.57 Å². The van der Waals surface area contributed by atoms with Crippen LogP contribution in [-0.2, 0) is 4.57 Å². The van der Waals surface area contributed by atoms with Gasteiger partial charge in [0.15, 0.2) is 0 Å². The zero-order valence-electron chi connectivity index (χ0n) is 13.8. The maximum Gasteiger partial charge on any atom is 0.139 e. The first kappa shape index (κ1) is 16.3. The minimum Gasteiger partial charge on any atom is -0.314 e. The Bertz CT molecular complexity index is 712. The second kappa shape index (κ2) is 7.32. The molecule has 1 saturated carbocycles. The quantitative estimate of drug-likeness (QED) is 0.632. The second-order valence-electron chi connectivity index (χ2n) is 6.51. The van der Waals surface area contributed by atoms with E-state index in [1.165, 1.54) is 19.3 Å². The summed E-state index contributed by atoms with van der Waals surface area (Å²) < 4.78 is 14.1. The molecule has 2 aromatic carbocycles. The van der Waals surface area contributed by atoms with Crippen LogP contribution in [0.25, 0.3) is 6.08 Å². The molecule has 1 nitrogen and oxygen atoms in total. The van der Waals surface area contributed by atoms with Crippen molar-refractivity contribution in [2.24, 2.45) is 0 Å². The summed E-state index contributed by atoms with van der Waals surface area (Å²) in [6.45, 7) is 2.08. The van der Waals surface area contributed by atoms with E-state index in [1.54, 1.807) is 0 Å². The van der Waals surface area contributed by atoms with E-state index in [4.69, 9.17) is 0 Å². The fourth-order valence-electron chi connectivity index (χ4n) is 3.58. The third-order valence-corrected chi connectivity index (χ3v) is 8.35. The van der Waals surface area contributed by atoms with Crippen LogP contribution >= 0.6 is 7.14 Å². The van der Waals surface area contributed by atoms with E-state index in [2.05, 4.69) is 37.3 Å². The summed E-state index contributed by atoms with van der Waals surface area (Å²) in [5.41, 5.74) is 2.58. The number of hydrogen-bond acceptors (Lipinski definition) is 1. The molecule has 0 aromatic heterocycles. The zero-order chi connectivity index (χ0) is 16.1. The Hall–Kier alpha value is -1.59. The molecule has 1 aliphatic rings. The van der Waals surface area contributed by atoms with Gasteiger partial charge in [0.05, 0.1) is 0 Å². The number of aryl methyl sites for hydroxylation is 1. The molecule has 0 radical (unpaired) electrons. The van der Waals surface area contributed by atoms with E-state index in [9.17, 15) is 4.57 Å². The van der Waals surface area contributed by atoms with Crippen molar-refractivity contribution in [3.8, 4) is 0 Å². The van der Waals surface area contributed by atoms with Crippen molar-refractivity contribution in [1.29, 1.82) is 0 Å². The molecule has 0 spiro atoms. The Kier molecular flexibility index (Phi) is 5.18. The molecule has 0 saturated heterocycles. The Labute approximate surface area is 139 Å². The van der Waals surface area contributed by atoms with E-state index in [-0.39, 0.29) is 0 Å².